The number of fused-ring (bicyclic) bond motifs is 1. The topological polar surface area (TPSA) is 26.3 Å². The van der Waals surface area contributed by atoms with Crippen LogP contribution in [-0.4, -0.2) is 27.7 Å². The molecule has 0 spiro atoms. The summed E-state index contributed by atoms with van der Waals surface area (Å²) in [5.74, 6) is -0.254. The van der Waals surface area contributed by atoms with E-state index in [0.717, 1.165) is 10.5 Å². The van der Waals surface area contributed by atoms with Crippen LogP contribution in [0.5, 0.6) is 0 Å². The molecule has 1 aliphatic carbocycles. The Bertz CT molecular complexity index is 277. The number of esters is 1. The van der Waals surface area contributed by atoms with Gasteiger partial charge in [-0.15, -0.1) is 23.5 Å². The zero-order chi connectivity index (χ0) is 11.5. The molecule has 1 aliphatic heterocycles. The van der Waals surface area contributed by atoms with Gasteiger partial charge in [0.25, 0.3) is 0 Å². The Hall–Kier alpha value is -0.0900. The predicted octanol–water partition coefficient (Wildman–Crippen LogP) is 3.22. The van der Waals surface area contributed by atoms with Crippen molar-refractivity contribution in [2.75, 3.05) is 6.61 Å². The average Bonchev–Trinajstić information content (AvgIpc) is 2.68. The highest BCUT2D eigenvalue weighted by Crippen LogP contribution is 2.49. The summed E-state index contributed by atoms with van der Waals surface area (Å²) >= 11 is 4.01. The van der Waals surface area contributed by atoms with Crippen molar-refractivity contribution in [2.24, 2.45) is 0 Å². The van der Waals surface area contributed by atoms with E-state index in [-0.39, 0.29) is 5.97 Å². The molecule has 2 nitrogen and oxygen atoms in total. The largest absolute Gasteiger partial charge is 0.460 e. The van der Waals surface area contributed by atoms with E-state index in [0.29, 0.717) is 16.8 Å². The SMILES string of the molecule is C=C(C)C(=O)OCC1SC2CCCCC2S1. The molecule has 2 rings (SSSR count). The molecule has 4 heteroatoms. The van der Waals surface area contributed by atoms with Crippen LogP contribution in [0.1, 0.15) is 32.6 Å². The summed E-state index contributed by atoms with van der Waals surface area (Å²) in [7, 11) is 0. The van der Waals surface area contributed by atoms with Crippen LogP contribution in [0.15, 0.2) is 12.2 Å². The van der Waals surface area contributed by atoms with E-state index in [1.54, 1.807) is 6.92 Å². The van der Waals surface area contributed by atoms with Gasteiger partial charge in [0, 0.05) is 16.1 Å². The Morgan fingerprint density at radius 1 is 1.31 bits per heavy atom. The Labute approximate surface area is 106 Å². The van der Waals surface area contributed by atoms with Crippen LogP contribution in [0.3, 0.4) is 0 Å². The van der Waals surface area contributed by atoms with Crippen molar-refractivity contribution in [3.05, 3.63) is 12.2 Å². The molecule has 1 saturated carbocycles. The molecule has 0 amide bonds. The lowest BCUT2D eigenvalue weighted by atomic mass is 10.00. The number of carbonyl (C=O) groups is 1. The van der Waals surface area contributed by atoms with Gasteiger partial charge >= 0.3 is 5.97 Å². The molecule has 0 N–H and O–H groups in total. The van der Waals surface area contributed by atoms with Crippen LogP contribution in [-0.2, 0) is 9.53 Å². The number of hydrogen-bond donors (Lipinski definition) is 0. The van der Waals surface area contributed by atoms with Gasteiger partial charge in [0.2, 0.25) is 0 Å². The standard InChI is InChI=1S/C12H18O2S2/c1-8(2)12(13)14-7-11-15-9-5-3-4-6-10(9)16-11/h9-11H,1,3-7H2,2H3. The molecule has 0 radical (unpaired) electrons. The van der Waals surface area contributed by atoms with Crippen LogP contribution in [0, 0.1) is 0 Å². The van der Waals surface area contributed by atoms with Gasteiger partial charge in [-0.05, 0) is 19.8 Å². The van der Waals surface area contributed by atoms with Crippen LogP contribution >= 0.6 is 23.5 Å². The first-order chi connectivity index (χ1) is 7.66. The fourth-order valence-electron chi connectivity index (χ4n) is 2.14. The summed E-state index contributed by atoms with van der Waals surface area (Å²) in [5.41, 5.74) is 0.491. The second-order valence-corrected chi connectivity index (χ2v) is 7.63. The first-order valence-corrected chi connectivity index (χ1v) is 7.69. The van der Waals surface area contributed by atoms with Gasteiger partial charge in [-0.2, -0.15) is 0 Å². The molecule has 2 aliphatic rings. The summed E-state index contributed by atoms with van der Waals surface area (Å²) < 4.78 is 5.65. The average molecular weight is 258 g/mol. The number of thioether (sulfide) groups is 2. The van der Waals surface area contributed by atoms with E-state index in [1.165, 1.54) is 25.7 Å². The van der Waals surface area contributed by atoms with E-state index >= 15 is 0 Å². The van der Waals surface area contributed by atoms with Gasteiger partial charge in [0.15, 0.2) is 0 Å². The first kappa shape index (κ1) is 12.4. The normalized spacial score (nSPS) is 33.2. The third-order valence-electron chi connectivity index (χ3n) is 2.99. The molecular weight excluding hydrogens is 240 g/mol. The summed E-state index contributed by atoms with van der Waals surface area (Å²) in [6.45, 7) is 5.81. The molecular formula is C12H18O2S2. The molecule has 0 aromatic carbocycles. The van der Waals surface area contributed by atoms with Gasteiger partial charge in [-0.1, -0.05) is 19.4 Å². The van der Waals surface area contributed by atoms with E-state index in [1.807, 2.05) is 23.5 Å². The molecule has 90 valence electrons. The highest BCUT2D eigenvalue weighted by atomic mass is 32.2. The number of rotatable bonds is 3. The summed E-state index contributed by atoms with van der Waals surface area (Å²) in [4.78, 5) is 11.3. The number of hydrogen-bond acceptors (Lipinski definition) is 4. The van der Waals surface area contributed by atoms with E-state index in [9.17, 15) is 4.79 Å². The van der Waals surface area contributed by atoms with Gasteiger partial charge in [0.05, 0.1) is 4.58 Å². The number of carbonyl (C=O) groups excluding carboxylic acids is 1. The minimum Gasteiger partial charge on any atom is -0.460 e. The maximum atomic E-state index is 11.3. The number of ether oxygens (including phenoxy) is 1. The molecule has 0 aromatic heterocycles. The first-order valence-electron chi connectivity index (χ1n) is 5.80. The second kappa shape index (κ2) is 5.50. The fraction of sp³-hybridized carbons (Fsp3) is 0.750. The van der Waals surface area contributed by atoms with Gasteiger partial charge in [-0.25, -0.2) is 4.79 Å². The van der Waals surface area contributed by atoms with Gasteiger partial charge < -0.3 is 4.74 Å². The zero-order valence-electron chi connectivity index (χ0n) is 9.61. The van der Waals surface area contributed by atoms with Crippen molar-refractivity contribution in [1.29, 1.82) is 0 Å². The molecule has 2 atom stereocenters. The summed E-state index contributed by atoms with van der Waals surface area (Å²) in [6.07, 6.45) is 5.42. The quantitative estimate of drug-likeness (QED) is 0.573. The maximum absolute atomic E-state index is 11.3. The lowest BCUT2D eigenvalue weighted by Gasteiger charge is -2.22. The third-order valence-corrected chi connectivity index (χ3v) is 6.54. The van der Waals surface area contributed by atoms with Crippen molar-refractivity contribution in [3.8, 4) is 0 Å². The highest BCUT2D eigenvalue weighted by molar-refractivity contribution is 8.20. The van der Waals surface area contributed by atoms with E-state index < -0.39 is 0 Å². The molecule has 0 aromatic rings. The Morgan fingerprint density at radius 3 is 2.38 bits per heavy atom. The predicted molar refractivity (Wildman–Crippen MR) is 70.8 cm³/mol. The van der Waals surface area contributed by atoms with E-state index in [2.05, 4.69) is 6.58 Å². The lowest BCUT2D eigenvalue weighted by Crippen LogP contribution is -2.19. The molecule has 16 heavy (non-hydrogen) atoms. The van der Waals surface area contributed by atoms with Crippen molar-refractivity contribution < 1.29 is 9.53 Å². The highest BCUT2D eigenvalue weighted by Gasteiger charge is 2.37. The maximum Gasteiger partial charge on any atom is 0.333 e. The van der Waals surface area contributed by atoms with Crippen molar-refractivity contribution in [3.63, 3.8) is 0 Å². The smallest absolute Gasteiger partial charge is 0.333 e. The Balaban J connectivity index is 1.76. The third kappa shape index (κ3) is 2.98. The van der Waals surface area contributed by atoms with Crippen LogP contribution in [0.2, 0.25) is 0 Å². The molecule has 2 unspecified atom stereocenters. The molecule has 1 saturated heterocycles. The molecule has 2 fully saturated rings. The lowest BCUT2D eigenvalue weighted by molar-refractivity contribution is -0.138. The minimum absolute atomic E-state index is 0.254. The summed E-state index contributed by atoms with van der Waals surface area (Å²) in [5, 5.41) is 1.60. The monoisotopic (exact) mass is 258 g/mol. The second-order valence-electron chi connectivity index (χ2n) is 4.44. The Morgan fingerprint density at radius 2 is 1.88 bits per heavy atom. The molecule has 0 bridgehead atoms. The minimum atomic E-state index is -0.254. The summed E-state index contributed by atoms with van der Waals surface area (Å²) in [6, 6.07) is 0. The van der Waals surface area contributed by atoms with Crippen molar-refractivity contribution in [2.45, 2.75) is 47.7 Å². The fourth-order valence-corrected chi connectivity index (χ4v) is 5.94. The van der Waals surface area contributed by atoms with Crippen molar-refractivity contribution in [1.82, 2.24) is 0 Å². The van der Waals surface area contributed by atoms with Gasteiger partial charge in [0.1, 0.15) is 6.61 Å². The van der Waals surface area contributed by atoms with Crippen molar-refractivity contribution >= 4 is 29.5 Å². The molecule has 1 heterocycles. The zero-order valence-corrected chi connectivity index (χ0v) is 11.2. The van der Waals surface area contributed by atoms with Crippen LogP contribution < -0.4 is 0 Å². The van der Waals surface area contributed by atoms with E-state index in [4.69, 9.17) is 4.74 Å². The Kier molecular flexibility index (Phi) is 4.25. The van der Waals surface area contributed by atoms with Gasteiger partial charge in [-0.3, -0.25) is 0 Å². The van der Waals surface area contributed by atoms with Crippen LogP contribution in [0.4, 0.5) is 0 Å². The van der Waals surface area contributed by atoms with Crippen LogP contribution in [0.25, 0.3) is 0 Å².